The van der Waals surface area contributed by atoms with Gasteiger partial charge in [-0.25, -0.2) is 9.97 Å². The molecule has 1 aliphatic carbocycles. The van der Waals surface area contributed by atoms with Crippen molar-refractivity contribution in [2.75, 3.05) is 0 Å². The summed E-state index contributed by atoms with van der Waals surface area (Å²) < 4.78 is 0. The number of nitrogens with zero attached hydrogens (tertiary/aromatic N) is 3. The second kappa shape index (κ2) is 4.82. The first-order valence-electron chi connectivity index (χ1n) is 6.30. The summed E-state index contributed by atoms with van der Waals surface area (Å²) in [5, 5.41) is 0. The van der Waals surface area contributed by atoms with Crippen molar-refractivity contribution in [2.45, 2.75) is 31.2 Å². The Bertz CT molecular complexity index is 526. The molecule has 2 aromatic heterocycles. The molecule has 3 rings (SSSR count). The zero-order valence-corrected chi connectivity index (χ0v) is 10.2. The van der Waals surface area contributed by atoms with Gasteiger partial charge in [0.2, 0.25) is 0 Å². The van der Waals surface area contributed by atoms with Gasteiger partial charge in [-0.2, -0.15) is 0 Å². The van der Waals surface area contributed by atoms with Crippen molar-refractivity contribution in [1.29, 1.82) is 0 Å². The van der Waals surface area contributed by atoms with Crippen molar-refractivity contribution in [1.82, 2.24) is 15.0 Å². The van der Waals surface area contributed by atoms with Crippen molar-refractivity contribution >= 4 is 0 Å². The highest BCUT2D eigenvalue weighted by atomic mass is 14.8. The zero-order valence-electron chi connectivity index (χ0n) is 10.2. The normalized spacial score (nSPS) is 20.2. The third kappa shape index (κ3) is 1.99. The number of hydrogen-bond donors (Lipinski definition) is 1. The van der Waals surface area contributed by atoms with E-state index in [2.05, 4.69) is 21.0 Å². The van der Waals surface area contributed by atoms with Gasteiger partial charge in [-0.3, -0.25) is 4.98 Å². The first-order chi connectivity index (χ1) is 8.86. The molecule has 4 heteroatoms. The van der Waals surface area contributed by atoms with E-state index in [1.807, 2.05) is 12.3 Å². The van der Waals surface area contributed by atoms with Crippen LogP contribution in [0.3, 0.4) is 0 Å². The van der Waals surface area contributed by atoms with Gasteiger partial charge >= 0.3 is 0 Å². The van der Waals surface area contributed by atoms with Crippen LogP contribution in [0.5, 0.6) is 0 Å². The molecule has 18 heavy (non-hydrogen) atoms. The van der Waals surface area contributed by atoms with Gasteiger partial charge < -0.3 is 5.73 Å². The van der Waals surface area contributed by atoms with Gasteiger partial charge in [-0.05, 0) is 30.9 Å². The number of pyridine rings is 1. The van der Waals surface area contributed by atoms with Crippen LogP contribution in [0, 0.1) is 0 Å². The predicted octanol–water partition coefficient (Wildman–Crippen LogP) is 1.99. The average molecular weight is 240 g/mol. The molecule has 2 unspecified atom stereocenters. The van der Waals surface area contributed by atoms with Crippen molar-refractivity contribution in [2.24, 2.45) is 5.73 Å². The van der Waals surface area contributed by atoms with Gasteiger partial charge in [0.25, 0.3) is 0 Å². The molecule has 0 spiro atoms. The Morgan fingerprint density at radius 3 is 2.94 bits per heavy atom. The summed E-state index contributed by atoms with van der Waals surface area (Å²) >= 11 is 0. The van der Waals surface area contributed by atoms with Crippen molar-refractivity contribution in [3.8, 4) is 0 Å². The molecule has 0 aliphatic heterocycles. The average Bonchev–Trinajstić information content (AvgIpc) is 2.47. The van der Waals surface area contributed by atoms with Gasteiger partial charge in [-0.15, -0.1) is 0 Å². The maximum absolute atomic E-state index is 6.36. The molecule has 2 heterocycles. The maximum Gasteiger partial charge on any atom is 0.115 e. The minimum Gasteiger partial charge on any atom is -0.323 e. The van der Waals surface area contributed by atoms with E-state index in [4.69, 9.17) is 5.73 Å². The van der Waals surface area contributed by atoms with E-state index in [9.17, 15) is 0 Å². The van der Waals surface area contributed by atoms with E-state index >= 15 is 0 Å². The number of rotatable bonds is 2. The van der Waals surface area contributed by atoms with Gasteiger partial charge in [0.1, 0.15) is 6.33 Å². The molecule has 4 nitrogen and oxygen atoms in total. The van der Waals surface area contributed by atoms with Crippen molar-refractivity contribution in [3.05, 3.63) is 53.9 Å². The summed E-state index contributed by atoms with van der Waals surface area (Å²) in [6, 6.07) is 4.08. The highest BCUT2D eigenvalue weighted by Crippen LogP contribution is 2.37. The van der Waals surface area contributed by atoms with Crippen LogP contribution in [0.4, 0.5) is 0 Å². The number of hydrogen-bond acceptors (Lipinski definition) is 4. The topological polar surface area (TPSA) is 64.7 Å². The summed E-state index contributed by atoms with van der Waals surface area (Å²) in [7, 11) is 0. The van der Waals surface area contributed by atoms with Gasteiger partial charge in [0.15, 0.2) is 0 Å². The fourth-order valence-electron chi connectivity index (χ4n) is 2.71. The molecule has 2 atom stereocenters. The molecule has 1 aliphatic rings. The molecule has 0 saturated heterocycles. The zero-order chi connectivity index (χ0) is 12.4. The molecular formula is C14H16N4. The molecule has 0 saturated carbocycles. The van der Waals surface area contributed by atoms with Crippen LogP contribution in [0.1, 0.15) is 41.6 Å². The minimum absolute atomic E-state index is 0.0693. The molecule has 92 valence electrons. The Morgan fingerprint density at radius 1 is 1.28 bits per heavy atom. The fourth-order valence-corrected chi connectivity index (χ4v) is 2.71. The Balaban J connectivity index is 1.94. The monoisotopic (exact) mass is 240 g/mol. The maximum atomic E-state index is 6.36. The largest absolute Gasteiger partial charge is 0.323 e. The summed E-state index contributed by atoms with van der Waals surface area (Å²) in [6.07, 6.45) is 10.3. The second-order valence-corrected chi connectivity index (χ2v) is 4.74. The van der Waals surface area contributed by atoms with Crippen molar-refractivity contribution < 1.29 is 0 Å². The second-order valence-electron chi connectivity index (χ2n) is 4.74. The smallest absolute Gasteiger partial charge is 0.115 e. The summed E-state index contributed by atoms with van der Waals surface area (Å²) in [5.74, 6) is 0.279. The van der Waals surface area contributed by atoms with Crippen LogP contribution in [-0.2, 0) is 6.42 Å². The van der Waals surface area contributed by atoms with E-state index in [1.54, 1.807) is 12.4 Å². The first-order valence-corrected chi connectivity index (χ1v) is 6.30. The lowest BCUT2D eigenvalue weighted by Gasteiger charge is -2.28. The Labute approximate surface area is 106 Å². The molecular weight excluding hydrogens is 224 g/mol. The molecule has 0 amide bonds. The molecule has 2 aromatic rings. The van der Waals surface area contributed by atoms with E-state index in [0.29, 0.717) is 0 Å². The summed E-state index contributed by atoms with van der Waals surface area (Å²) in [6.45, 7) is 0. The number of fused-ring (bicyclic) bond motifs is 1. The summed E-state index contributed by atoms with van der Waals surface area (Å²) in [4.78, 5) is 12.6. The lowest BCUT2D eigenvalue weighted by molar-refractivity contribution is 0.461. The van der Waals surface area contributed by atoms with Gasteiger partial charge in [-0.1, -0.05) is 6.07 Å². The standard InChI is InChI=1S/C14H16N4/c15-13(11-7-16-9-17-8-11)12-5-1-3-10-4-2-6-18-14(10)12/h2,4,6-9,12-13H,1,3,5,15H2. The third-order valence-electron chi connectivity index (χ3n) is 3.64. The quantitative estimate of drug-likeness (QED) is 0.871. The van der Waals surface area contributed by atoms with E-state index in [-0.39, 0.29) is 12.0 Å². The molecule has 0 fully saturated rings. The Hall–Kier alpha value is -1.81. The lowest BCUT2D eigenvalue weighted by Crippen LogP contribution is -2.24. The van der Waals surface area contributed by atoms with Crippen molar-refractivity contribution in [3.63, 3.8) is 0 Å². The van der Waals surface area contributed by atoms with Gasteiger partial charge in [0, 0.05) is 41.8 Å². The van der Waals surface area contributed by atoms with Crippen LogP contribution in [-0.4, -0.2) is 15.0 Å². The predicted molar refractivity (Wildman–Crippen MR) is 68.9 cm³/mol. The highest BCUT2D eigenvalue weighted by Gasteiger charge is 2.27. The Morgan fingerprint density at radius 2 is 2.11 bits per heavy atom. The number of nitrogens with two attached hydrogens (primary N) is 1. The Kier molecular flexibility index (Phi) is 3.02. The van der Waals surface area contributed by atoms with Gasteiger partial charge in [0.05, 0.1) is 0 Å². The van der Waals surface area contributed by atoms with Crippen LogP contribution >= 0.6 is 0 Å². The van der Waals surface area contributed by atoms with Crippen LogP contribution in [0.2, 0.25) is 0 Å². The molecule has 0 aromatic carbocycles. The van der Waals surface area contributed by atoms with Crippen LogP contribution in [0.15, 0.2) is 37.1 Å². The SMILES string of the molecule is NC(c1cncnc1)C1CCCc2cccnc21. The number of aryl methyl sites for hydroxylation is 1. The van der Waals surface area contributed by atoms with Crippen LogP contribution < -0.4 is 5.73 Å². The highest BCUT2D eigenvalue weighted by molar-refractivity contribution is 5.29. The number of aromatic nitrogens is 3. The van der Waals surface area contributed by atoms with E-state index < -0.39 is 0 Å². The van der Waals surface area contributed by atoms with E-state index in [1.165, 1.54) is 18.3 Å². The molecule has 0 bridgehead atoms. The minimum atomic E-state index is -0.0693. The molecule has 0 radical (unpaired) electrons. The lowest BCUT2D eigenvalue weighted by atomic mass is 9.80. The molecule has 2 N–H and O–H groups in total. The first kappa shape index (κ1) is 11.3. The van der Waals surface area contributed by atoms with Crippen LogP contribution in [0.25, 0.3) is 0 Å². The van der Waals surface area contributed by atoms with E-state index in [0.717, 1.165) is 24.1 Å². The summed E-state index contributed by atoms with van der Waals surface area (Å²) in [5.41, 5.74) is 9.84. The fraction of sp³-hybridized carbons (Fsp3) is 0.357. The third-order valence-corrected chi connectivity index (χ3v) is 3.64.